The van der Waals surface area contributed by atoms with Gasteiger partial charge in [0.2, 0.25) is 11.8 Å². The Morgan fingerprint density at radius 1 is 0.868 bits per heavy atom. The minimum absolute atomic E-state index is 0.0547. The van der Waals surface area contributed by atoms with E-state index in [0.29, 0.717) is 18.5 Å². The normalized spacial score (nSPS) is 11.8. The maximum Gasteiger partial charge on any atom is 0.239 e. The second-order valence-corrected chi connectivity index (χ2v) is 13.7. The number of halogens is 1. The van der Waals surface area contributed by atoms with Crippen LogP contribution in [0.3, 0.4) is 0 Å². The summed E-state index contributed by atoms with van der Waals surface area (Å²) >= 11 is 1.57. The van der Waals surface area contributed by atoms with Crippen molar-refractivity contribution in [3.05, 3.63) is 108 Å². The Balaban J connectivity index is 0.00000162. The molecule has 0 aliphatic carbocycles. The van der Waals surface area contributed by atoms with Crippen molar-refractivity contribution in [2.24, 2.45) is 0 Å². The minimum atomic E-state index is -0.875. The van der Waals surface area contributed by atoms with Gasteiger partial charge in [-0.05, 0) is 86.2 Å². The molecule has 0 aliphatic heterocycles. The molecule has 0 spiro atoms. The largest absolute Gasteiger partial charge is 0.390 e. The number of carbonyl (C=O) groups is 2. The van der Waals surface area contributed by atoms with Crippen molar-refractivity contribution < 1.29 is 29.6 Å². The quantitative estimate of drug-likeness (QED) is 0.0363. The summed E-state index contributed by atoms with van der Waals surface area (Å²) in [5.74, 6) is -1.12. The molecule has 3 aromatic carbocycles. The summed E-state index contributed by atoms with van der Waals surface area (Å²) in [7, 11) is 0. The number of benzene rings is 3. The summed E-state index contributed by atoms with van der Waals surface area (Å²) in [6.45, 7) is 14.9. The number of amides is 2. The number of aliphatic hydroxyl groups is 1. The van der Waals surface area contributed by atoms with E-state index in [1.54, 1.807) is 30.3 Å². The number of rotatable bonds is 17. The lowest BCUT2D eigenvalue weighted by molar-refractivity contribution is -0.176. The van der Waals surface area contributed by atoms with Gasteiger partial charge in [-0.15, -0.1) is 0 Å². The maximum absolute atomic E-state index is 13.7. The highest BCUT2D eigenvalue weighted by atomic mass is 32.2. The molecule has 1 heterocycles. The molecule has 12 heteroatoms. The van der Waals surface area contributed by atoms with Gasteiger partial charge in [-0.3, -0.25) is 30.4 Å². The maximum atomic E-state index is 13.7. The van der Waals surface area contributed by atoms with E-state index in [4.69, 9.17) is 10.5 Å². The van der Waals surface area contributed by atoms with Crippen molar-refractivity contribution in [1.82, 2.24) is 25.2 Å². The monoisotopic (exact) mass is 753 g/mol. The average molecular weight is 754 g/mol. The Morgan fingerprint density at radius 3 is 2.21 bits per heavy atom. The first kappa shape index (κ1) is 47.1. The van der Waals surface area contributed by atoms with Crippen molar-refractivity contribution in [2.45, 2.75) is 96.7 Å². The standard InChI is InChI=1S/C35H42FN5O3S.C4H10.C2H6.H2O2/c1-4-18-41(45-29-15-16-30-26(20-29)12-9-17-37-30)24-32(42)31(19-25-10-6-5-7-11-25)40-34(44)22-38-33(43)23-39-35(2,3)27-13-8-14-28(36)21-27;1-3-4-2;2*1-2/h5-17,20-21,31-32,39,42H,4,18-19,22-24H2,1-3H3,(H,38,43)(H,40,44);3-4H2,1-2H3;1-2H3;1-2H/t31-,32+;;;/m0.../s1. The fourth-order valence-corrected chi connectivity index (χ4v) is 6.06. The van der Waals surface area contributed by atoms with E-state index in [0.717, 1.165) is 34.3 Å². The van der Waals surface area contributed by atoms with Gasteiger partial charge in [0.1, 0.15) is 5.82 Å². The lowest BCUT2D eigenvalue weighted by Gasteiger charge is -2.29. The molecule has 2 amide bonds. The fourth-order valence-electron chi connectivity index (χ4n) is 4.95. The fraction of sp³-hybridized carbons (Fsp3) is 0.439. The van der Waals surface area contributed by atoms with E-state index in [1.807, 2.05) is 82.3 Å². The molecule has 1 aromatic heterocycles. The molecule has 0 bridgehead atoms. The SMILES string of the molecule is CC.CCCC.CCCN(C[C@@H](O)[C@H](Cc1ccccc1)NC(=O)CNC(=O)CNC(C)(C)c1cccc(F)c1)Sc1ccc2ncccc2c1.OO. The van der Waals surface area contributed by atoms with Crippen LogP contribution in [0.4, 0.5) is 4.39 Å². The van der Waals surface area contributed by atoms with Crippen molar-refractivity contribution in [2.75, 3.05) is 26.2 Å². The third-order valence-electron chi connectivity index (χ3n) is 7.97. The third kappa shape index (κ3) is 18.1. The summed E-state index contributed by atoms with van der Waals surface area (Å²) in [4.78, 5) is 31.0. The molecule has 0 radical (unpaired) electrons. The first-order valence-corrected chi connectivity index (χ1v) is 19.1. The predicted octanol–water partition coefficient (Wildman–Crippen LogP) is 7.67. The smallest absolute Gasteiger partial charge is 0.239 e. The summed E-state index contributed by atoms with van der Waals surface area (Å²) in [6, 6.07) is 25.4. The van der Waals surface area contributed by atoms with Crippen molar-refractivity contribution >= 4 is 34.7 Å². The molecule has 2 atom stereocenters. The molecule has 0 saturated carbocycles. The highest BCUT2D eigenvalue weighted by molar-refractivity contribution is 7.97. The molecule has 0 fully saturated rings. The zero-order chi connectivity index (χ0) is 39.6. The van der Waals surface area contributed by atoms with Crippen molar-refractivity contribution in [3.8, 4) is 0 Å². The van der Waals surface area contributed by atoms with Crippen molar-refractivity contribution in [1.29, 1.82) is 0 Å². The Kier molecular flexibility index (Phi) is 23.8. The Bertz CT molecular complexity index is 1600. The van der Waals surface area contributed by atoms with Crippen LogP contribution >= 0.6 is 11.9 Å². The molecular formula is C41H60FN5O5S. The molecule has 4 aromatic rings. The lowest BCUT2D eigenvalue weighted by atomic mass is 9.94. The van der Waals surface area contributed by atoms with E-state index in [2.05, 4.69) is 52.1 Å². The Hall–Kier alpha value is -3.91. The molecule has 6 N–H and O–H groups in total. The number of unbranched alkanes of at least 4 members (excludes halogenated alkanes) is 1. The highest BCUT2D eigenvalue weighted by Crippen LogP contribution is 2.27. The number of nitrogens with one attached hydrogen (secondary N) is 3. The van der Waals surface area contributed by atoms with Crippen LogP contribution < -0.4 is 16.0 Å². The van der Waals surface area contributed by atoms with Gasteiger partial charge in [0.15, 0.2) is 0 Å². The van der Waals surface area contributed by atoms with Gasteiger partial charge in [-0.1, -0.05) is 96.0 Å². The number of aliphatic hydroxyl groups excluding tert-OH is 1. The van der Waals surface area contributed by atoms with E-state index in [9.17, 15) is 19.1 Å². The molecule has 292 valence electrons. The molecule has 4 rings (SSSR count). The highest BCUT2D eigenvalue weighted by Gasteiger charge is 2.25. The summed E-state index contributed by atoms with van der Waals surface area (Å²) in [5, 5.41) is 33.2. The van der Waals surface area contributed by atoms with Crippen LogP contribution in [0.5, 0.6) is 0 Å². The number of nitrogens with zero attached hydrogens (tertiary/aromatic N) is 2. The lowest BCUT2D eigenvalue weighted by Crippen LogP contribution is -2.52. The van der Waals surface area contributed by atoms with E-state index >= 15 is 0 Å². The first-order chi connectivity index (χ1) is 25.5. The van der Waals surface area contributed by atoms with E-state index < -0.39 is 23.6 Å². The number of pyridine rings is 1. The van der Waals surface area contributed by atoms with Gasteiger partial charge in [0.25, 0.3) is 0 Å². The van der Waals surface area contributed by atoms with Crippen LogP contribution in [0, 0.1) is 5.82 Å². The van der Waals surface area contributed by atoms with Crippen LogP contribution in [0.25, 0.3) is 10.9 Å². The molecule has 0 aliphatic rings. The summed E-state index contributed by atoms with van der Waals surface area (Å²) in [5.41, 5.74) is 1.96. The third-order valence-corrected chi connectivity index (χ3v) is 9.02. The van der Waals surface area contributed by atoms with Crippen LogP contribution in [0.1, 0.15) is 78.9 Å². The van der Waals surface area contributed by atoms with Crippen LogP contribution in [0.15, 0.2) is 96.0 Å². The van der Waals surface area contributed by atoms with E-state index in [1.165, 1.54) is 25.0 Å². The topological polar surface area (TPSA) is 147 Å². The number of hydrogen-bond donors (Lipinski definition) is 6. The minimum Gasteiger partial charge on any atom is -0.390 e. The average Bonchev–Trinajstić information content (AvgIpc) is 3.18. The van der Waals surface area contributed by atoms with Gasteiger partial charge in [-0.2, -0.15) is 0 Å². The Labute approximate surface area is 319 Å². The van der Waals surface area contributed by atoms with Crippen LogP contribution in [-0.4, -0.2) is 75.0 Å². The number of fused-ring (bicyclic) bond motifs is 1. The number of aromatic nitrogens is 1. The second-order valence-electron chi connectivity index (χ2n) is 12.5. The second kappa shape index (κ2) is 26.8. The summed E-state index contributed by atoms with van der Waals surface area (Å²) in [6.07, 6.45) is 4.85. The first-order valence-electron chi connectivity index (χ1n) is 18.3. The molecular weight excluding hydrogens is 694 g/mol. The van der Waals surface area contributed by atoms with Gasteiger partial charge < -0.3 is 15.7 Å². The molecule has 0 unspecified atom stereocenters. The van der Waals surface area contributed by atoms with Gasteiger partial charge in [0, 0.05) is 35.1 Å². The molecule has 0 saturated heterocycles. The number of hydrogen-bond acceptors (Lipinski definition) is 9. The Morgan fingerprint density at radius 2 is 1.57 bits per heavy atom. The predicted molar refractivity (Wildman–Crippen MR) is 215 cm³/mol. The number of carbonyl (C=O) groups excluding carboxylic acids is 2. The van der Waals surface area contributed by atoms with Crippen LogP contribution in [0.2, 0.25) is 0 Å². The zero-order valence-corrected chi connectivity index (χ0v) is 33.1. The molecule has 53 heavy (non-hydrogen) atoms. The van der Waals surface area contributed by atoms with E-state index in [-0.39, 0.29) is 24.8 Å². The van der Waals surface area contributed by atoms with Gasteiger partial charge in [-0.25, -0.2) is 8.70 Å². The zero-order valence-electron chi connectivity index (χ0n) is 32.3. The van der Waals surface area contributed by atoms with Gasteiger partial charge >= 0.3 is 0 Å². The summed E-state index contributed by atoms with van der Waals surface area (Å²) < 4.78 is 15.8. The molecule has 10 nitrogen and oxygen atoms in total. The van der Waals surface area contributed by atoms with Crippen LogP contribution in [-0.2, 0) is 21.5 Å². The van der Waals surface area contributed by atoms with Gasteiger partial charge in [0.05, 0.1) is 30.8 Å². The van der Waals surface area contributed by atoms with Crippen molar-refractivity contribution in [3.63, 3.8) is 0 Å².